The van der Waals surface area contributed by atoms with Gasteiger partial charge in [0.15, 0.2) is 0 Å². The fourth-order valence-electron chi connectivity index (χ4n) is 2.43. The normalized spacial score (nSPS) is 19.1. The van der Waals surface area contributed by atoms with Crippen LogP contribution in [0.4, 0.5) is 0 Å². The zero-order chi connectivity index (χ0) is 13.5. The average molecular weight is 281 g/mol. The van der Waals surface area contributed by atoms with E-state index in [0.717, 1.165) is 25.1 Å². The van der Waals surface area contributed by atoms with Crippen molar-refractivity contribution in [1.29, 1.82) is 0 Å². The Balaban J connectivity index is 1.68. The number of halogens is 1. The molecule has 0 radical (unpaired) electrons. The van der Waals surface area contributed by atoms with Crippen LogP contribution >= 0.6 is 11.6 Å². The van der Waals surface area contributed by atoms with Crippen LogP contribution < -0.4 is 10.6 Å². The highest BCUT2D eigenvalue weighted by atomic mass is 35.5. The van der Waals surface area contributed by atoms with Crippen LogP contribution in [0, 0.1) is 5.92 Å². The summed E-state index contributed by atoms with van der Waals surface area (Å²) in [6, 6.07) is 7.61. The summed E-state index contributed by atoms with van der Waals surface area (Å²) in [6.45, 7) is 2.69. The molecule has 0 spiro atoms. The van der Waals surface area contributed by atoms with E-state index in [9.17, 15) is 4.79 Å². The lowest BCUT2D eigenvalue weighted by Crippen LogP contribution is -2.31. The van der Waals surface area contributed by atoms with Gasteiger partial charge in [-0.2, -0.15) is 0 Å². The number of rotatable bonds is 5. The van der Waals surface area contributed by atoms with Crippen LogP contribution in [0.5, 0.6) is 0 Å². The van der Waals surface area contributed by atoms with Crippen molar-refractivity contribution in [2.45, 2.75) is 32.2 Å². The Morgan fingerprint density at radius 3 is 3.00 bits per heavy atom. The summed E-state index contributed by atoms with van der Waals surface area (Å²) in [7, 11) is 0. The minimum Gasteiger partial charge on any atom is -0.352 e. The van der Waals surface area contributed by atoms with Gasteiger partial charge in [-0.05, 0) is 49.9 Å². The molecule has 0 aromatic heterocycles. The number of piperidine rings is 1. The summed E-state index contributed by atoms with van der Waals surface area (Å²) >= 11 is 6.05. The van der Waals surface area contributed by atoms with Gasteiger partial charge in [0.05, 0.1) is 0 Å². The number of hydrogen-bond acceptors (Lipinski definition) is 2. The molecule has 1 amide bonds. The molecule has 1 saturated heterocycles. The standard InChI is InChI=1S/C15H21ClN2O/c16-14-6-2-1-5-13(14)11-18-15(19)8-7-12-4-3-9-17-10-12/h1-2,5-6,12,17H,3-4,7-11H2,(H,18,19). The monoisotopic (exact) mass is 280 g/mol. The van der Waals surface area contributed by atoms with Gasteiger partial charge in [0.25, 0.3) is 0 Å². The maximum atomic E-state index is 11.8. The largest absolute Gasteiger partial charge is 0.352 e. The molecular formula is C15H21ClN2O. The minimum atomic E-state index is 0.116. The molecule has 1 atom stereocenters. The van der Waals surface area contributed by atoms with E-state index >= 15 is 0 Å². The fraction of sp³-hybridized carbons (Fsp3) is 0.533. The maximum absolute atomic E-state index is 11.8. The fourth-order valence-corrected chi connectivity index (χ4v) is 2.63. The Morgan fingerprint density at radius 2 is 2.26 bits per heavy atom. The van der Waals surface area contributed by atoms with Gasteiger partial charge in [0, 0.05) is 18.0 Å². The van der Waals surface area contributed by atoms with E-state index in [-0.39, 0.29) is 5.91 Å². The molecule has 0 bridgehead atoms. The number of benzene rings is 1. The van der Waals surface area contributed by atoms with Crippen LogP contribution in [0.1, 0.15) is 31.2 Å². The second kappa shape index (κ2) is 7.51. The molecule has 1 unspecified atom stereocenters. The molecule has 1 aromatic carbocycles. The van der Waals surface area contributed by atoms with Gasteiger partial charge in [0.2, 0.25) is 5.91 Å². The first-order valence-corrected chi connectivity index (χ1v) is 7.34. The summed E-state index contributed by atoms with van der Waals surface area (Å²) in [6.07, 6.45) is 4.05. The Morgan fingerprint density at radius 1 is 1.42 bits per heavy atom. The van der Waals surface area contributed by atoms with E-state index in [2.05, 4.69) is 10.6 Å². The van der Waals surface area contributed by atoms with Gasteiger partial charge in [-0.1, -0.05) is 29.8 Å². The molecule has 1 aromatic rings. The summed E-state index contributed by atoms with van der Waals surface area (Å²) < 4.78 is 0. The van der Waals surface area contributed by atoms with Gasteiger partial charge in [-0.3, -0.25) is 4.79 Å². The molecule has 19 heavy (non-hydrogen) atoms. The SMILES string of the molecule is O=C(CCC1CCCNC1)NCc1ccccc1Cl. The van der Waals surface area contributed by atoms with Crippen LogP contribution in [0.15, 0.2) is 24.3 Å². The molecule has 1 fully saturated rings. The quantitative estimate of drug-likeness (QED) is 0.871. The topological polar surface area (TPSA) is 41.1 Å². The van der Waals surface area contributed by atoms with Crippen LogP contribution in [0.2, 0.25) is 5.02 Å². The lowest BCUT2D eigenvalue weighted by molar-refractivity contribution is -0.121. The van der Waals surface area contributed by atoms with Gasteiger partial charge >= 0.3 is 0 Å². The smallest absolute Gasteiger partial charge is 0.220 e. The number of hydrogen-bond donors (Lipinski definition) is 2. The van der Waals surface area contributed by atoms with Crippen molar-refractivity contribution >= 4 is 17.5 Å². The third-order valence-electron chi connectivity index (χ3n) is 3.61. The Labute approximate surface area is 119 Å². The van der Waals surface area contributed by atoms with Gasteiger partial charge in [-0.15, -0.1) is 0 Å². The van der Waals surface area contributed by atoms with Crippen molar-refractivity contribution in [1.82, 2.24) is 10.6 Å². The number of nitrogens with one attached hydrogen (secondary N) is 2. The van der Waals surface area contributed by atoms with Crippen molar-refractivity contribution in [2.75, 3.05) is 13.1 Å². The molecule has 2 rings (SSSR count). The number of carbonyl (C=O) groups excluding carboxylic acids is 1. The molecule has 2 N–H and O–H groups in total. The van der Waals surface area contributed by atoms with E-state index in [1.807, 2.05) is 24.3 Å². The van der Waals surface area contributed by atoms with Crippen molar-refractivity contribution in [2.24, 2.45) is 5.92 Å². The highest BCUT2D eigenvalue weighted by Crippen LogP contribution is 2.16. The summed E-state index contributed by atoms with van der Waals surface area (Å²) in [4.78, 5) is 11.8. The summed E-state index contributed by atoms with van der Waals surface area (Å²) in [5, 5.41) is 7.02. The maximum Gasteiger partial charge on any atom is 0.220 e. The molecule has 4 heteroatoms. The van der Waals surface area contributed by atoms with Crippen molar-refractivity contribution in [3.63, 3.8) is 0 Å². The molecule has 0 aliphatic carbocycles. The molecule has 3 nitrogen and oxygen atoms in total. The average Bonchev–Trinajstić information content (AvgIpc) is 2.45. The highest BCUT2D eigenvalue weighted by Gasteiger charge is 2.14. The minimum absolute atomic E-state index is 0.116. The van der Waals surface area contributed by atoms with Gasteiger partial charge < -0.3 is 10.6 Å². The third-order valence-corrected chi connectivity index (χ3v) is 3.98. The van der Waals surface area contributed by atoms with E-state index in [0.29, 0.717) is 23.9 Å². The second-order valence-electron chi connectivity index (χ2n) is 5.12. The van der Waals surface area contributed by atoms with E-state index in [1.54, 1.807) is 0 Å². The Kier molecular flexibility index (Phi) is 5.67. The summed E-state index contributed by atoms with van der Waals surface area (Å²) in [5.74, 6) is 0.769. The predicted molar refractivity (Wildman–Crippen MR) is 78.1 cm³/mol. The van der Waals surface area contributed by atoms with Crippen molar-refractivity contribution in [3.8, 4) is 0 Å². The first-order valence-electron chi connectivity index (χ1n) is 6.96. The molecule has 104 valence electrons. The first kappa shape index (κ1) is 14.4. The predicted octanol–water partition coefficient (Wildman–Crippen LogP) is 2.74. The zero-order valence-corrected chi connectivity index (χ0v) is 11.9. The first-order chi connectivity index (χ1) is 9.25. The Hall–Kier alpha value is -1.06. The van der Waals surface area contributed by atoms with Gasteiger partial charge in [0.1, 0.15) is 0 Å². The molecular weight excluding hydrogens is 260 g/mol. The number of carbonyl (C=O) groups is 1. The molecule has 1 heterocycles. The summed E-state index contributed by atoms with van der Waals surface area (Å²) in [5.41, 5.74) is 0.969. The van der Waals surface area contributed by atoms with Crippen molar-refractivity contribution in [3.05, 3.63) is 34.9 Å². The Bertz CT molecular complexity index is 416. The highest BCUT2D eigenvalue weighted by molar-refractivity contribution is 6.31. The zero-order valence-electron chi connectivity index (χ0n) is 11.1. The number of amides is 1. The molecule has 1 aliphatic heterocycles. The van der Waals surface area contributed by atoms with Crippen LogP contribution in [0.3, 0.4) is 0 Å². The molecule has 1 aliphatic rings. The van der Waals surface area contributed by atoms with E-state index in [1.165, 1.54) is 12.8 Å². The van der Waals surface area contributed by atoms with E-state index in [4.69, 9.17) is 11.6 Å². The van der Waals surface area contributed by atoms with Crippen LogP contribution in [-0.2, 0) is 11.3 Å². The van der Waals surface area contributed by atoms with Gasteiger partial charge in [-0.25, -0.2) is 0 Å². The third kappa shape index (κ3) is 4.84. The van der Waals surface area contributed by atoms with Crippen LogP contribution in [-0.4, -0.2) is 19.0 Å². The van der Waals surface area contributed by atoms with E-state index < -0.39 is 0 Å². The molecule has 0 saturated carbocycles. The lowest BCUT2D eigenvalue weighted by Gasteiger charge is -2.22. The lowest BCUT2D eigenvalue weighted by atomic mass is 9.94. The second-order valence-corrected chi connectivity index (χ2v) is 5.53. The van der Waals surface area contributed by atoms with Crippen molar-refractivity contribution < 1.29 is 4.79 Å². The van der Waals surface area contributed by atoms with Crippen LogP contribution in [0.25, 0.3) is 0 Å².